The fourth-order valence-corrected chi connectivity index (χ4v) is 2.28. The fourth-order valence-electron chi connectivity index (χ4n) is 2.28. The van der Waals surface area contributed by atoms with E-state index in [0.29, 0.717) is 12.3 Å². The molecular weight excluding hydrogens is 266 g/mol. The van der Waals surface area contributed by atoms with Gasteiger partial charge in [0, 0.05) is 18.1 Å². The molecule has 6 nitrogen and oxygen atoms in total. The van der Waals surface area contributed by atoms with Crippen molar-refractivity contribution >= 4 is 21.9 Å². The van der Waals surface area contributed by atoms with E-state index in [9.17, 15) is 0 Å². The van der Waals surface area contributed by atoms with Crippen LogP contribution in [0, 0.1) is 11.3 Å². The lowest BCUT2D eigenvalue weighted by Crippen LogP contribution is -2.20. The molecule has 21 heavy (non-hydrogen) atoms. The van der Waals surface area contributed by atoms with Gasteiger partial charge in [0.25, 0.3) is 0 Å². The smallest absolute Gasteiger partial charge is 0.142 e. The topological polar surface area (TPSA) is 86.6 Å². The zero-order chi connectivity index (χ0) is 14.7. The summed E-state index contributed by atoms with van der Waals surface area (Å²) in [4.78, 5) is 11.6. The highest BCUT2D eigenvalue weighted by Crippen LogP contribution is 2.31. The van der Waals surface area contributed by atoms with Crippen LogP contribution in [0.25, 0.3) is 21.9 Å². The van der Waals surface area contributed by atoms with Crippen molar-refractivity contribution in [1.82, 2.24) is 20.3 Å². The van der Waals surface area contributed by atoms with E-state index in [4.69, 9.17) is 10.00 Å². The monoisotopic (exact) mass is 281 g/mol. The molecule has 0 saturated heterocycles. The summed E-state index contributed by atoms with van der Waals surface area (Å²) < 4.78 is 5.84. The molecular formula is C15H15N5O. The van der Waals surface area contributed by atoms with Gasteiger partial charge in [-0.2, -0.15) is 5.26 Å². The number of nitriles is 1. The molecule has 0 aliphatic carbocycles. The summed E-state index contributed by atoms with van der Waals surface area (Å²) in [5.74, 6) is 0.763. The Hall–Kier alpha value is -2.65. The Labute approximate surface area is 121 Å². The summed E-state index contributed by atoms with van der Waals surface area (Å²) in [5, 5.41) is 14.0. The summed E-state index contributed by atoms with van der Waals surface area (Å²) in [5.41, 5.74) is 1.97. The number of pyridine rings is 2. The fraction of sp³-hybridized carbons (Fsp3) is 0.267. The first-order chi connectivity index (χ1) is 10.3. The average molecular weight is 281 g/mol. The number of ether oxygens (including phenoxy) is 1. The summed E-state index contributed by atoms with van der Waals surface area (Å²) in [6.07, 6.45) is 3.36. The maximum absolute atomic E-state index is 9.00. The summed E-state index contributed by atoms with van der Waals surface area (Å²) in [6.45, 7) is 4.34. The maximum Gasteiger partial charge on any atom is 0.142 e. The number of hydrogen-bond donors (Lipinski definition) is 2. The first-order valence-corrected chi connectivity index (χ1v) is 6.83. The molecule has 0 unspecified atom stereocenters. The van der Waals surface area contributed by atoms with Gasteiger partial charge >= 0.3 is 0 Å². The van der Waals surface area contributed by atoms with Crippen LogP contribution in [0.2, 0.25) is 0 Å². The molecule has 106 valence electrons. The van der Waals surface area contributed by atoms with Gasteiger partial charge in [0.2, 0.25) is 0 Å². The van der Waals surface area contributed by atoms with Crippen LogP contribution in [0.15, 0.2) is 24.5 Å². The molecule has 0 aliphatic heterocycles. The molecule has 0 radical (unpaired) electrons. The van der Waals surface area contributed by atoms with Crippen molar-refractivity contribution in [3.63, 3.8) is 0 Å². The Balaban J connectivity index is 2.05. The highest BCUT2D eigenvalue weighted by Gasteiger charge is 2.12. The van der Waals surface area contributed by atoms with Crippen molar-refractivity contribution < 1.29 is 4.74 Å². The summed E-state index contributed by atoms with van der Waals surface area (Å²) >= 11 is 0. The van der Waals surface area contributed by atoms with E-state index in [-0.39, 0.29) is 0 Å². The number of likely N-dealkylation sites (N-methyl/N-ethyl adjacent to an activating group) is 1. The van der Waals surface area contributed by atoms with Gasteiger partial charge in [-0.25, -0.2) is 9.97 Å². The quantitative estimate of drug-likeness (QED) is 0.698. The Bertz CT molecular complexity index is 818. The Morgan fingerprint density at radius 1 is 1.43 bits per heavy atom. The van der Waals surface area contributed by atoms with Crippen LogP contribution in [0.3, 0.4) is 0 Å². The minimum absolute atomic E-state index is 0.380. The molecule has 0 aromatic carbocycles. The van der Waals surface area contributed by atoms with Crippen LogP contribution < -0.4 is 10.1 Å². The lowest BCUT2D eigenvalue weighted by atomic mass is 10.2. The number of H-pyrrole nitrogens is 1. The molecule has 0 bridgehead atoms. The third-order valence-corrected chi connectivity index (χ3v) is 3.24. The lowest BCUT2D eigenvalue weighted by molar-refractivity contribution is 0.319. The maximum atomic E-state index is 9.00. The van der Waals surface area contributed by atoms with E-state index >= 15 is 0 Å². The number of nitrogens with one attached hydrogen (secondary N) is 2. The van der Waals surface area contributed by atoms with E-state index in [0.717, 1.165) is 40.8 Å². The second-order valence-electron chi connectivity index (χ2n) is 4.59. The van der Waals surface area contributed by atoms with Crippen molar-refractivity contribution in [2.45, 2.75) is 6.92 Å². The largest absolute Gasteiger partial charge is 0.491 e. The van der Waals surface area contributed by atoms with Crippen LogP contribution in [0.1, 0.15) is 12.6 Å². The molecule has 2 N–H and O–H groups in total. The van der Waals surface area contributed by atoms with Crippen molar-refractivity contribution in [3.05, 3.63) is 30.2 Å². The molecule has 3 aromatic heterocycles. The van der Waals surface area contributed by atoms with E-state index in [1.165, 1.54) is 0 Å². The van der Waals surface area contributed by atoms with Crippen molar-refractivity contribution in [1.29, 1.82) is 5.26 Å². The van der Waals surface area contributed by atoms with Gasteiger partial charge in [-0.3, -0.25) is 0 Å². The van der Waals surface area contributed by atoms with E-state index in [1.54, 1.807) is 18.5 Å². The van der Waals surface area contributed by atoms with Crippen LogP contribution in [-0.2, 0) is 0 Å². The number of aromatic nitrogens is 3. The van der Waals surface area contributed by atoms with Crippen LogP contribution in [0.5, 0.6) is 5.75 Å². The van der Waals surface area contributed by atoms with Crippen LogP contribution in [0.4, 0.5) is 0 Å². The first kappa shape index (κ1) is 13.3. The van der Waals surface area contributed by atoms with Gasteiger partial charge in [-0.05, 0) is 18.7 Å². The van der Waals surface area contributed by atoms with Gasteiger partial charge in [-0.1, -0.05) is 6.92 Å². The number of fused-ring (bicyclic) bond motifs is 3. The normalized spacial score (nSPS) is 10.9. The Morgan fingerprint density at radius 3 is 3.14 bits per heavy atom. The minimum atomic E-state index is 0.380. The third-order valence-electron chi connectivity index (χ3n) is 3.24. The second-order valence-corrected chi connectivity index (χ2v) is 4.59. The van der Waals surface area contributed by atoms with Crippen molar-refractivity contribution in [2.75, 3.05) is 19.7 Å². The molecule has 0 aliphatic rings. The zero-order valence-electron chi connectivity index (χ0n) is 11.7. The summed E-state index contributed by atoms with van der Waals surface area (Å²) in [7, 11) is 0. The molecule has 0 fully saturated rings. The van der Waals surface area contributed by atoms with E-state index < -0.39 is 0 Å². The van der Waals surface area contributed by atoms with Gasteiger partial charge in [0.15, 0.2) is 0 Å². The van der Waals surface area contributed by atoms with Crippen molar-refractivity contribution in [2.24, 2.45) is 0 Å². The predicted octanol–water partition coefficient (Wildman–Crippen LogP) is 1.97. The molecule has 3 aromatic rings. The molecule has 3 rings (SSSR count). The van der Waals surface area contributed by atoms with Crippen LogP contribution in [-0.4, -0.2) is 34.6 Å². The molecule has 0 atom stereocenters. The van der Waals surface area contributed by atoms with Gasteiger partial charge in [0.05, 0.1) is 17.1 Å². The van der Waals surface area contributed by atoms with Crippen molar-refractivity contribution in [3.8, 4) is 11.8 Å². The van der Waals surface area contributed by atoms with Crippen LogP contribution >= 0.6 is 0 Å². The van der Waals surface area contributed by atoms with Gasteiger partial charge in [-0.15, -0.1) is 0 Å². The Morgan fingerprint density at radius 2 is 2.33 bits per heavy atom. The highest BCUT2D eigenvalue weighted by molar-refractivity contribution is 6.09. The Kier molecular flexibility index (Phi) is 3.67. The number of aromatic amines is 1. The first-order valence-electron chi connectivity index (χ1n) is 6.83. The molecule has 6 heteroatoms. The standard InChI is InChI=1S/C15H15N5O/c1-2-17-5-6-21-13-3-4-18-15-14(13)11-7-10(8-16)19-9-12(11)20-15/h3-4,7,9,17H,2,5-6H2,1H3,(H,18,20). The zero-order valence-corrected chi connectivity index (χ0v) is 11.7. The lowest BCUT2D eigenvalue weighted by Gasteiger charge is -2.07. The molecule has 0 saturated carbocycles. The SMILES string of the molecule is CCNCCOc1ccnc2[nH]c3cnc(C#N)cc3c12. The number of rotatable bonds is 5. The molecule has 0 amide bonds. The molecule has 0 spiro atoms. The highest BCUT2D eigenvalue weighted by atomic mass is 16.5. The molecule has 3 heterocycles. The van der Waals surface area contributed by atoms with E-state index in [1.807, 2.05) is 6.07 Å². The third kappa shape index (κ3) is 2.51. The minimum Gasteiger partial charge on any atom is -0.491 e. The average Bonchev–Trinajstić information content (AvgIpc) is 2.89. The number of hydrogen-bond acceptors (Lipinski definition) is 5. The van der Waals surface area contributed by atoms with Gasteiger partial charge < -0.3 is 15.0 Å². The summed E-state index contributed by atoms with van der Waals surface area (Å²) in [6, 6.07) is 5.65. The second kappa shape index (κ2) is 5.77. The van der Waals surface area contributed by atoms with E-state index in [2.05, 4.69) is 33.3 Å². The number of nitrogens with zero attached hydrogens (tertiary/aromatic N) is 3. The predicted molar refractivity (Wildman–Crippen MR) is 80.1 cm³/mol. The van der Waals surface area contributed by atoms with Gasteiger partial charge in [0.1, 0.15) is 29.8 Å².